The number of ether oxygens (including phenoxy) is 1. The summed E-state index contributed by atoms with van der Waals surface area (Å²) in [7, 11) is 1.59. The van der Waals surface area contributed by atoms with Gasteiger partial charge in [0.25, 0.3) is 5.91 Å². The maximum Gasteiger partial charge on any atom is 0.271 e. The second kappa shape index (κ2) is 7.10. The number of nitrogens with one attached hydrogen (secondary N) is 2. The molecule has 1 amide bonds. The standard InChI is InChI=1S/C15H19N5O2S/c1-4-20-8-11(13(19-20)14(16)21)18-15(23)17-10-7-9(2)5-6-12(10)22-3/h5-8H,4H2,1-3H3,(H2,16,21)(H2,17,18,23). The minimum atomic E-state index is -0.615. The van der Waals surface area contributed by atoms with Gasteiger partial charge in [0.2, 0.25) is 0 Å². The van der Waals surface area contributed by atoms with E-state index in [-0.39, 0.29) is 5.69 Å². The van der Waals surface area contributed by atoms with Crippen molar-refractivity contribution in [2.75, 3.05) is 17.7 Å². The van der Waals surface area contributed by atoms with Crippen LogP contribution in [0.2, 0.25) is 0 Å². The van der Waals surface area contributed by atoms with Crippen molar-refractivity contribution in [1.82, 2.24) is 9.78 Å². The number of aromatic nitrogens is 2. The van der Waals surface area contributed by atoms with E-state index < -0.39 is 5.91 Å². The third-order valence-corrected chi connectivity index (χ3v) is 3.37. The topological polar surface area (TPSA) is 94.2 Å². The average Bonchev–Trinajstić information content (AvgIpc) is 2.90. The maximum absolute atomic E-state index is 11.5. The lowest BCUT2D eigenvalue weighted by Crippen LogP contribution is -2.22. The third-order valence-electron chi connectivity index (χ3n) is 3.17. The molecule has 0 unspecified atom stereocenters. The molecule has 4 N–H and O–H groups in total. The van der Waals surface area contributed by atoms with Crippen LogP contribution in [0.1, 0.15) is 23.0 Å². The van der Waals surface area contributed by atoms with Crippen molar-refractivity contribution in [3.8, 4) is 5.75 Å². The molecular formula is C15H19N5O2S. The maximum atomic E-state index is 11.5. The van der Waals surface area contributed by atoms with E-state index in [2.05, 4.69) is 15.7 Å². The number of nitrogens with two attached hydrogens (primary N) is 1. The number of nitrogens with zero attached hydrogens (tertiary/aromatic N) is 2. The number of carbonyl (C=O) groups is 1. The zero-order valence-electron chi connectivity index (χ0n) is 13.2. The number of rotatable bonds is 5. The van der Waals surface area contributed by atoms with Crippen molar-refractivity contribution in [3.05, 3.63) is 35.7 Å². The number of hydrogen-bond acceptors (Lipinski definition) is 4. The summed E-state index contributed by atoms with van der Waals surface area (Å²) in [4.78, 5) is 11.5. The summed E-state index contributed by atoms with van der Waals surface area (Å²) in [6.45, 7) is 4.50. The van der Waals surface area contributed by atoms with Gasteiger partial charge in [-0.25, -0.2) is 0 Å². The first-order valence-electron chi connectivity index (χ1n) is 7.04. The summed E-state index contributed by atoms with van der Waals surface area (Å²) < 4.78 is 6.90. The molecule has 7 nitrogen and oxygen atoms in total. The number of anilines is 2. The van der Waals surface area contributed by atoms with Crippen LogP contribution in [0, 0.1) is 6.92 Å². The number of carbonyl (C=O) groups excluding carboxylic acids is 1. The van der Waals surface area contributed by atoms with Gasteiger partial charge in [-0.05, 0) is 43.8 Å². The van der Waals surface area contributed by atoms with Crippen LogP contribution in [0.25, 0.3) is 0 Å². The van der Waals surface area contributed by atoms with E-state index in [4.69, 9.17) is 22.7 Å². The normalized spacial score (nSPS) is 10.2. The van der Waals surface area contributed by atoms with E-state index >= 15 is 0 Å². The predicted octanol–water partition coefficient (Wildman–Crippen LogP) is 2.13. The van der Waals surface area contributed by atoms with E-state index in [9.17, 15) is 4.79 Å². The molecule has 1 heterocycles. The van der Waals surface area contributed by atoms with Crippen LogP contribution in [-0.4, -0.2) is 27.9 Å². The highest BCUT2D eigenvalue weighted by molar-refractivity contribution is 7.80. The van der Waals surface area contributed by atoms with Crippen LogP contribution in [0.5, 0.6) is 5.75 Å². The number of aryl methyl sites for hydroxylation is 2. The van der Waals surface area contributed by atoms with E-state index in [1.165, 1.54) is 0 Å². The zero-order chi connectivity index (χ0) is 17.0. The van der Waals surface area contributed by atoms with E-state index in [1.54, 1.807) is 18.0 Å². The Morgan fingerprint density at radius 1 is 1.39 bits per heavy atom. The smallest absolute Gasteiger partial charge is 0.271 e. The van der Waals surface area contributed by atoms with Gasteiger partial charge in [0.15, 0.2) is 10.8 Å². The van der Waals surface area contributed by atoms with Gasteiger partial charge in [-0.15, -0.1) is 0 Å². The molecule has 0 saturated carbocycles. The summed E-state index contributed by atoms with van der Waals surface area (Å²) in [5.74, 6) is 0.0507. The molecule has 0 spiro atoms. The molecule has 0 saturated heterocycles. The van der Waals surface area contributed by atoms with Crippen LogP contribution in [-0.2, 0) is 6.54 Å². The first-order valence-corrected chi connectivity index (χ1v) is 7.45. The van der Waals surface area contributed by atoms with Crippen molar-refractivity contribution in [2.24, 2.45) is 5.73 Å². The van der Waals surface area contributed by atoms with Crippen LogP contribution in [0.15, 0.2) is 24.4 Å². The number of methoxy groups -OCH3 is 1. The van der Waals surface area contributed by atoms with Crippen molar-refractivity contribution in [1.29, 1.82) is 0 Å². The summed E-state index contributed by atoms with van der Waals surface area (Å²) >= 11 is 5.29. The Morgan fingerprint density at radius 3 is 2.70 bits per heavy atom. The molecule has 23 heavy (non-hydrogen) atoms. The van der Waals surface area contributed by atoms with Crippen LogP contribution < -0.4 is 21.1 Å². The molecule has 1 aromatic heterocycles. The quantitative estimate of drug-likeness (QED) is 0.726. The Labute approximate surface area is 139 Å². The molecule has 0 aliphatic carbocycles. The number of hydrogen-bond donors (Lipinski definition) is 3. The van der Waals surface area contributed by atoms with Gasteiger partial charge in [-0.2, -0.15) is 5.10 Å². The fraction of sp³-hybridized carbons (Fsp3) is 0.267. The minimum absolute atomic E-state index is 0.146. The zero-order valence-corrected chi connectivity index (χ0v) is 14.0. The Bertz CT molecular complexity index is 741. The van der Waals surface area contributed by atoms with Gasteiger partial charge in [-0.1, -0.05) is 6.07 Å². The van der Waals surface area contributed by atoms with Crippen LogP contribution >= 0.6 is 12.2 Å². The van der Waals surface area contributed by atoms with Crippen LogP contribution in [0.4, 0.5) is 11.4 Å². The summed E-state index contributed by atoms with van der Waals surface area (Å²) in [5.41, 5.74) is 7.74. The van der Waals surface area contributed by atoms with Crippen LogP contribution in [0.3, 0.4) is 0 Å². The Balaban J connectivity index is 2.19. The predicted molar refractivity (Wildman–Crippen MR) is 94.0 cm³/mol. The fourth-order valence-corrected chi connectivity index (χ4v) is 2.27. The van der Waals surface area contributed by atoms with Gasteiger partial charge < -0.3 is 21.1 Å². The average molecular weight is 333 g/mol. The fourth-order valence-electron chi connectivity index (χ4n) is 2.05. The molecule has 0 bridgehead atoms. The Hall–Kier alpha value is -2.61. The number of thiocarbonyl (C=S) groups is 1. The first-order chi connectivity index (χ1) is 10.9. The molecule has 0 radical (unpaired) electrons. The van der Waals surface area contributed by atoms with Crippen molar-refractivity contribution in [3.63, 3.8) is 0 Å². The summed E-state index contributed by atoms with van der Waals surface area (Å²) in [6, 6.07) is 5.71. The molecule has 0 atom stereocenters. The molecule has 0 aliphatic heterocycles. The lowest BCUT2D eigenvalue weighted by molar-refractivity contribution is 0.0995. The lowest BCUT2D eigenvalue weighted by atomic mass is 10.2. The molecule has 122 valence electrons. The van der Waals surface area contributed by atoms with Gasteiger partial charge in [0.1, 0.15) is 5.75 Å². The van der Waals surface area contributed by atoms with Crippen molar-refractivity contribution >= 4 is 34.6 Å². The van der Waals surface area contributed by atoms with E-state index in [1.807, 2.05) is 32.0 Å². The molecular weight excluding hydrogens is 314 g/mol. The second-order valence-electron chi connectivity index (χ2n) is 4.89. The summed E-state index contributed by atoms with van der Waals surface area (Å²) in [5, 5.41) is 10.4. The Kier molecular flexibility index (Phi) is 5.17. The number of benzene rings is 1. The molecule has 1 aromatic carbocycles. The molecule has 0 fully saturated rings. The SMILES string of the molecule is CCn1cc(NC(=S)Nc2cc(C)ccc2OC)c(C(N)=O)n1. The Morgan fingerprint density at radius 2 is 2.09 bits per heavy atom. The molecule has 2 rings (SSSR count). The number of amides is 1. The van der Waals surface area contributed by atoms with Gasteiger partial charge in [0, 0.05) is 12.7 Å². The lowest BCUT2D eigenvalue weighted by Gasteiger charge is -2.13. The van der Waals surface area contributed by atoms with Crippen molar-refractivity contribution < 1.29 is 9.53 Å². The third kappa shape index (κ3) is 3.98. The largest absolute Gasteiger partial charge is 0.495 e. The second-order valence-corrected chi connectivity index (χ2v) is 5.30. The van der Waals surface area contributed by atoms with Gasteiger partial charge >= 0.3 is 0 Å². The molecule has 0 aliphatic rings. The highest BCUT2D eigenvalue weighted by atomic mass is 32.1. The minimum Gasteiger partial charge on any atom is -0.495 e. The van der Waals surface area contributed by atoms with E-state index in [0.717, 1.165) is 11.3 Å². The first kappa shape index (κ1) is 16.8. The van der Waals surface area contributed by atoms with E-state index in [0.29, 0.717) is 23.1 Å². The monoisotopic (exact) mass is 333 g/mol. The highest BCUT2D eigenvalue weighted by Gasteiger charge is 2.15. The number of primary amides is 1. The van der Waals surface area contributed by atoms with Gasteiger partial charge in [-0.3, -0.25) is 9.48 Å². The molecule has 8 heteroatoms. The molecule has 2 aromatic rings. The summed E-state index contributed by atoms with van der Waals surface area (Å²) in [6.07, 6.45) is 1.68. The van der Waals surface area contributed by atoms with Gasteiger partial charge in [0.05, 0.1) is 18.5 Å². The van der Waals surface area contributed by atoms with Crippen molar-refractivity contribution in [2.45, 2.75) is 20.4 Å². The highest BCUT2D eigenvalue weighted by Crippen LogP contribution is 2.25.